The third-order valence-electron chi connectivity index (χ3n) is 4.72. The van der Waals surface area contributed by atoms with Crippen molar-refractivity contribution in [2.75, 3.05) is 54.2 Å². The van der Waals surface area contributed by atoms with Crippen molar-refractivity contribution in [2.24, 2.45) is 0 Å². The molecule has 0 atom stereocenters. The van der Waals surface area contributed by atoms with Crippen LogP contribution >= 0.6 is 0 Å². The monoisotopic (exact) mass is 456 g/mol. The molecule has 2 amide bonds. The van der Waals surface area contributed by atoms with E-state index in [0.29, 0.717) is 30.9 Å². The summed E-state index contributed by atoms with van der Waals surface area (Å²) in [5, 5.41) is 11.9. The Balaban J connectivity index is 2.01. The van der Waals surface area contributed by atoms with Gasteiger partial charge >= 0.3 is 0 Å². The lowest BCUT2D eigenvalue weighted by Gasteiger charge is -2.19. The van der Waals surface area contributed by atoms with E-state index in [-0.39, 0.29) is 48.4 Å². The highest BCUT2D eigenvalue weighted by Gasteiger charge is 2.31. The Bertz CT molecular complexity index is 1050. The number of hydrogen-bond acceptors (Lipinski definition) is 9. The molecule has 2 aromatic carbocycles. The molecule has 0 saturated heterocycles. The van der Waals surface area contributed by atoms with E-state index in [0.717, 1.165) is 0 Å². The second kappa shape index (κ2) is 11.9. The second-order valence-electron chi connectivity index (χ2n) is 6.77. The second-order valence-corrected chi connectivity index (χ2v) is 6.77. The number of rotatable bonds is 13. The number of hydrogen-bond donors (Lipinski definition) is 1. The van der Waals surface area contributed by atoms with Gasteiger partial charge in [-0.2, -0.15) is 5.26 Å². The molecule has 2 aromatic rings. The molecule has 33 heavy (non-hydrogen) atoms. The highest BCUT2D eigenvalue weighted by atomic mass is 16.7. The maximum absolute atomic E-state index is 12.5. The van der Waals surface area contributed by atoms with Crippen LogP contribution < -0.4 is 14.8 Å². The van der Waals surface area contributed by atoms with Crippen LogP contribution in [0.2, 0.25) is 0 Å². The SMILES string of the molecule is COCCOCOc1c(C#N)ccc(-c2cccc3c2C(=O)NC3=O)c1OCOCCOC. The minimum absolute atomic E-state index is 0.130. The summed E-state index contributed by atoms with van der Waals surface area (Å²) in [4.78, 5) is 24.6. The molecule has 174 valence electrons. The molecule has 0 aromatic heterocycles. The van der Waals surface area contributed by atoms with E-state index in [2.05, 4.69) is 11.4 Å². The first-order valence-electron chi connectivity index (χ1n) is 10.1. The molecule has 0 saturated carbocycles. The van der Waals surface area contributed by atoms with Crippen molar-refractivity contribution in [1.82, 2.24) is 5.32 Å². The van der Waals surface area contributed by atoms with Gasteiger partial charge in [-0.1, -0.05) is 12.1 Å². The molecule has 1 aliphatic heterocycles. The zero-order valence-corrected chi connectivity index (χ0v) is 18.3. The molecule has 10 heteroatoms. The molecule has 10 nitrogen and oxygen atoms in total. The van der Waals surface area contributed by atoms with Crippen molar-refractivity contribution < 1.29 is 38.0 Å². The predicted octanol–water partition coefficient (Wildman–Crippen LogP) is 2.11. The average Bonchev–Trinajstić information content (AvgIpc) is 3.12. The highest BCUT2D eigenvalue weighted by Crippen LogP contribution is 2.43. The largest absolute Gasteiger partial charge is 0.463 e. The van der Waals surface area contributed by atoms with E-state index in [1.165, 1.54) is 0 Å². The van der Waals surface area contributed by atoms with Crippen LogP contribution in [0, 0.1) is 11.3 Å². The quantitative estimate of drug-likeness (QED) is 0.274. The number of carbonyl (C=O) groups is 2. The number of benzene rings is 2. The van der Waals surface area contributed by atoms with E-state index in [1.54, 1.807) is 44.6 Å². The summed E-state index contributed by atoms with van der Waals surface area (Å²) in [6.07, 6.45) is 0. The van der Waals surface area contributed by atoms with Crippen molar-refractivity contribution in [1.29, 1.82) is 5.26 Å². The van der Waals surface area contributed by atoms with Crippen LogP contribution in [0.5, 0.6) is 11.5 Å². The lowest BCUT2D eigenvalue weighted by molar-refractivity contribution is -0.0206. The number of nitrogens with zero attached hydrogens (tertiary/aromatic N) is 1. The molecule has 3 rings (SSSR count). The van der Waals surface area contributed by atoms with Gasteiger partial charge in [0.05, 0.1) is 43.1 Å². The highest BCUT2D eigenvalue weighted by molar-refractivity contribution is 6.24. The Morgan fingerprint density at radius 1 is 0.788 bits per heavy atom. The number of nitriles is 1. The molecular weight excluding hydrogens is 432 g/mol. The van der Waals surface area contributed by atoms with Gasteiger partial charge in [0.2, 0.25) is 0 Å². The van der Waals surface area contributed by atoms with E-state index in [4.69, 9.17) is 28.4 Å². The molecule has 0 spiro atoms. The van der Waals surface area contributed by atoms with Gasteiger partial charge < -0.3 is 28.4 Å². The lowest BCUT2D eigenvalue weighted by atomic mass is 9.94. The van der Waals surface area contributed by atoms with Crippen LogP contribution in [0.15, 0.2) is 30.3 Å². The summed E-state index contributed by atoms with van der Waals surface area (Å²) in [5.41, 5.74) is 1.60. The van der Waals surface area contributed by atoms with Crippen molar-refractivity contribution in [3.05, 3.63) is 47.0 Å². The summed E-state index contributed by atoms with van der Waals surface area (Å²) in [7, 11) is 3.10. The van der Waals surface area contributed by atoms with Crippen LogP contribution in [0.3, 0.4) is 0 Å². The number of methoxy groups -OCH3 is 2. The lowest BCUT2D eigenvalue weighted by Crippen LogP contribution is -2.20. The summed E-state index contributed by atoms with van der Waals surface area (Å²) >= 11 is 0. The Labute approximate surface area is 190 Å². The number of imide groups is 1. The minimum Gasteiger partial charge on any atom is -0.463 e. The maximum Gasteiger partial charge on any atom is 0.259 e. The number of amides is 2. The van der Waals surface area contributed by atoms with Crippen LogP contribution in [0.25, 0.3) is 11.1 Å². The van der Waals surface area contributed by atoms with Crippen LogP contribution in [-0.4, -0.2) is 66.0 Å². The molecular formula is C23H24N2O8. The predicted molar refractivity (Wildman–Crippen MR) is 115 cm³/mol. The molecule has 0 fully saturated rings. The third-order valence-corrected chi connectivity index (χ3v) is 4.72. The van der Waals surface area contributed by atoms with Gasteiger partial charge in [0.15, 0.2) is 25.1 Å². The van der Waals surface area contributed by atoms with Crippen LogP contribution in [0.1, 0.15) is 26.3 Å². The normalized spacial score (nSPS) is 12.3. The van der Waals surface area contributed by atoms with E-state index in [9.17, 15) is 14.9 Å². The molecule has 1 N–H and O–H groups in total. The number of fused-ring (bicyclic) bond motifs is 1. The number of carbonyl (C=O) groups excluding carboxylic acids is 2. The first kappa shape index (κ1) is 24.2. The van der Waals surface area contributed by atoms with Gasteiger partial charge in [0.1, 0.15) is 6.07 Å². The minimum atomic E-state index is -0.511. The fourth-order valence-corrected chi connectivity index (χ4v) is 3.20. The summed E-state index contributed by atoms with van der Waals surface area (Å²) in [6, 6.07) is 10.2. The van der Waals surface area contributed by atoms with Crippen molar-refractivity contribution in [3.63, 3.8) is 0 Å². The summed E-state index contributed by atoms with van der Waals surface area (Å²) in [5.74, 6) is -0.672. The Kier molecular flexibility index (Phi) is 8.74. The van der Waals surface area contributed by atoms with Gasteiger partial charge in [0, 0.05) is 19.8 Å². The smallest absolute Gasteiger partial charge is 0.259 e. The molecule has 0 unspecified atom stereocenters. The van der Waals surface area contributed by atoms with Gasteiger partial charge in [0.25, 0.3) is 11.8 Å². The zero-order valence-electron chi connectivity index (χ0n) is 18.3. The first-order valence-corrected chi connectivity index (χ1v) is 10.1. The summed E-state index contributed by atoms with van der Waals surface area (Å²) in [6.45, 7) is 1.02. The van der Waals surface area contributed by atoms with Gasteiger partial charge in [-0.15, -0.1) is 0 Å². The van der Waals surface area contributed by atoms with Gasteiger partial charge in [-0.25, -0.2) is 0 Å². The fourth-order valence-electron chi connectivity index (χ4n) is 3.20. The third kappa shape index (κ3) is 5.66. The molecule has 1 heterocycles. The molecule has 0 radical (unpaired) electrons. The zero-order chi connectivity index (χ0) is 23.6. The van der Waals surface area contributed by atoms with Crippen molar-refractivity contribution in [2.45, 2.75) is 0 Å². The molecule has 0 aliphatic carbocycles. The first-order chi connectivity index (χ1) is 16.1. The van der Waals surface area contributed by atoms with Crippen molar-refractivity contribution >= 4 is 11.8 Å². The van der Waals surface area contributed by atoms with Gasteiger partial charge in [-0.05, 0) is 23.8 Å². The maximum atomic E-state index is 12.5. The van der Waals surface area contributed by atoms with Crippen molar-refractivity contribution in [3.8, 4) is 28.7 Å². The Morgan fingerprint density at radius 3 is 2.06 bits per heavy atom. The van der Waals surface area contributed by atoms with Gasteiger partial charge in [-0.3, -0.25) is 14.9 Å². The topological polar surface area (TPSA) is 125 Å². The average molecular weight is 456 g/mol. The number of nitrogens with one attached hydrogen (secondary N) is 1. The van der Waals surface area contributed by atoms with E-state index < -0.39 is 11.8 Å². The van der Waals surface area contributed by atoms with E-state index in [1.807, 2.05) is 0 Å². The standard InChI is InChI=1S/C23H24N2O8/c1-28-8-10-30-13-32-20-15(12-24)6-7-17(21(20)33-14-31-11-9-29-2)16-4-3-5-18-19(16)23(27)25-22(18)26/h3-7H,8-11,13-14H2,1-2H3,(H,25,26,27). The summed E-state index contributed by atoms with van der Waals surface area (Å²) < 4.78 is 32.3. The van der Waals surface area contributed by atoms with E-state index >= 15 is 0 Å². The molecule has 0 bridgehead atoms. The van der Waals surface area contributed by atoms with Crippen LogP contribution in [-0.2, 0) is 18.9 Å². The Morgan fingerprint density at radius 2 is 1.42 bits per heavy atom. The van der Waals surface area contributed by atoms with Crippen LogP contribution in [0.4, 0.5) is 0 Å². The number of ether oxygens (including phenoxy) is 6. The fraction of sp³-hybridized carbons (Fsp3) is 0.348. The molecule has 1 aliphatic rings. The Hall–Kier alpha value is -3.49.